The van der Waals surface area contributed by atoms with Crippen LogP contribution in [0.15, 0.2) is 12.1 Å². The number of hydrogen-bond acceptors (Lipinski definition) is 3. The summed E-state index contributed by atoms with van der Waals surface area (Å²) in [6.45, 7) is 0.637. The van der Waals surface area contributed by atoms with Gasteiger partial charge in [-0.2, -0.15) is 0 Å². The van der Waals surface area contributed by atoms with Gasteiger partial charge in [0.05, 0.1) is 10.9 Å². The fourth-order valence-electron chi connectivity index (χ4n) is 2.46. The Balaban J connectivity index is 1.84. The molecule has 18 heavy (non-hydrogen) atoms. The molecule has 1 fully saturated rings. The molecule has 0 spiro atoms. The summed E-state index contributed by atoms with van der Waals surface area (Å²) in [5, 5.41) is 0. The van der Waals surface area contributed by atoms with E-state index in [4.69, 9.17) is 17.3 Å². The molecule has 5 heteroatoms. The highest BCUT2D eigenvalue weighted by molar-refractivity contribution is 7.16. The summed E-state index contributed by atoms with van der Waals surface area (Å²) in [6, 6.07) is 4.05. The van der Waals surface area contributed by atoms with Crippen LogP contribution in [0, 0.1) is 5.92 Å². The second-order valence-electron chi connectivity index (χ2n) is 5.01. The molecule has 1 amide bonds. The predicted molar refractivity (Wildman–Crippen MR) is 75.7 cm³/mol. The number of nitrogens with two attached hydrogens (primary N) is 1. The molecule has 0 radical (unpaired) electrons. The van der Waals surface area contributed by atoms with E-state index in [1.807, 2.05) is 19.2 Å². The van der Waals surface area contributed by atoms with E-state index < -0.39 is 0 Å². The maximum Gasteiger partial charge on any atom is 0.222 e. The lowest BCUT2D eigenvalue weighted by Gasteiger charge is -2.20. The van der Waals surface area contributed by atoms with Crippen molar-refractivity contribution in [3.05, 3.63) is 21.3 Å². The first kappa shape index (κ1) is 13.8. The van der Waals surface area contributed by atoms with E-state index >= 15 is 0 Å². The molecule has 2 N–H and O–H groups in total. The molecule has 1 saturated carbocycles. The lowest BCUT2D eigenvalue weighted by Crippen LogP contribution is -2.32. The average Bonchev–Trinajstić information content (AvgIpc) is 2.89. The van der Waals surface area contributed by atoms with Crippen LogP contribution >= 0.6 is 22.9 Å². The largest absolute Gasteiger partial charge is 0.341 e. The highest BCUT2D eigenvalue weighted by atomic mass is 35.5. The number of nitrogens with zero attached hydrogens (tertiary/aromatic N) is 1. The number of rotatable bonds is 4. The Labute approximate surface area is 117 Å². The van der Waals surface area contributed by atoms with Gasteiger partial charge < -0.3 is 10.6 Å². The Kier molecular flexibility index (Phi) is 4.65. The quantitative estimate of drug-likeness (QED) is 0.925. The molecule has 0 saturated heterocycles. The first-order valence-electron chi connectivity index (χ1n) is 6.30. The minimum absolute atomic E-state index is 0.182. The molecule has 100 valence electrons. The van der Waals surface area contributed by atoms with Gasteiger partial charge in [-0.3, -0.25) is 4.79 Å². The van der Waals surface area contributed by atoms with Gasteiger partial charge >= 0.3 is 0 Å². The number of halogens is 1. The average molecular weight is 287 g/mol. The fraction of sp³-hybridized carbons (Fsp3) is 0.615. The molecule has 1 aromatic heterocycles. The summed E-state index contributed by atoms with van der Waals surface area (Å²) in [6.07, 6.45) is 3.88. The monoisotopic (exact) mass is 286 g/mol. The van der Waals surface area contributed by atoms with Gasteiger partial charge in [0.2, 0.25) is 5.91 Å². The van der Waals surface area contributed by atoms with Crippen LogP contribution in [0.4, 0.5) is 0 Å². The lowest BCUT2D eigenvalue weighted by molar-refractivity contribution is -0.131. The molecule has 1 aliphatic carbocycles. The van der Waals surface area contributed by atoms with Crippen LogP contribution in [0.3, 0.4) is 0 Å². The van der Waals surface area contributed by atoms with Gasteiger partial charge in [-0.15, -0.1) is 11.3 Å². The summed E-state index contributed by atoms with van der Waals surface area (Å²) in [4.78, 5) is 15.0. The van der Waals surface area contributed by atoms with Crippen LogP contribution in [-0.2, 0) is 11.3 Å². The zero-order valence-corrected chi connectivity index (χ0v) is 12.1. The van der Waals surface area contributed by atoms with Gasteiger partial charge in [-0.1, -0.05) is 18.0 Å². The normalized spacial score (nSPS) is 23.3. The predicted octanol–water partition coefficient (Wildman–Crippen LogP) is 2.88. The summed E-state index contributed by atoms with van der Waals surface area (Å²) >= 11 is 7.40. The number of thiophene rings is 1. The van der Waals surface area contributed by atoms with E-state index in [9.17, 15) is 4.79 Å². The van der Waals surface area contributed by atoms with Gasteiger partial charge in [0, 0.05) is 24.4 Å². The molecule has 1 aromatic rings. The number of hydrogen-bond donors (Lipinski definition) is 1. The summed E-state index contributed by atoms with van der Waals surface area (Å²) in [7, 11) is 1.84. The maximum absolute atomic E-state index is 12.1. The van der Waals surface area contributed by atoms with E-state index in [-0.39, 0.29) is 11.9 Å². The third kappa shape index (κ3) is 3.46. The van der Waals surface area contributed by atoms with Gasteiger partial charge in [0.25, 0.3) is 0 Å². The SMILES string of the molecule is CN(Cc1ccc(Cl)s1)C(=O)C[C@@H]1CCC[C@H]1N. The molecule has 2 atom stereocenters. The highest BCUT2D eigenvalue weighted by Crippen LogP contribution is 2.28. The highest BCUT2D eigenvalue weighted by Gasteiger charge is 2.27. The van der Waals surface area contributed by atoms with Crippen LogP contribution in [0.25, 0.3) is 0 Å². The molecule has 0 unspecified atom stereocenters. The topological polar surface area (TPSA) is 46.3 Å². The minimum atomic E-state index is 0.182. The van der Waals surface area contributed by atoms with Gasteiger partial charge in [-0.05, 0) is 30.9 Å². The first-order valence-corrected chi connectivity index (χ1v) is 7.49. The molecule has 1 aliphatic rings. The molecular weight excluding hydrogens is 268 g/mol. The Morgan fingerprint density at radius 2 is 2.33 bits per heavy atom. The van der Waals surface area contributed by atoms with Crippen molar-refractivity contribution in [1.82, 2.24) is 4.90 Å². The summed E-state index contributed by atoms with van der Waals surface area (Å²) in [5.41, 5.74) is 6.00. The van der Waals surface area contributed by atoms with Crippen molar-refractivity contribution >= 4 is 28.8 Å². The molecule has 1 heterocycles. The van der Waals surface area contributed by atoms with Crippen LogP contribution < -0.4 is 5.73 Å². The summed E-state index contributed by atoms with van der Waals surface area (Å²) in [5.74, 6) is 0.550. The van der Waals surface area contributed by atoms with Gasteiger partial charge in [0.1, 0.15) is 0 Å². The standard InChI is InChI=1S/C13H19ClN2OS/c1-16(8-10-5-6-12(14)18-10)13(17)7-9-3-2-4-11(9)15/h5-6,9,11H,2-4,7-8,15H2,1H3/t9-,11+/m0/s1. The fourth-order valence-corrected chi connectivity index (χ4v) is 3.60. The van der Waals surface area contributed by atoms with E-state index in [1.165, 1.54) is 11.3 Å². The second-order valence-corrected chi connectivity index (χ2v) is 6.81. The first-order chi connectivity index (χ1) is 8.56. The molecule has 0 aromatic carbocycles. The summed E-state index contributed by atoms with van der Waals surface area (Å²) < 4.78 is 0.767. The van der Waals surface area contributed by atoms with Crippen molar-refractivity contribution in [3.8, 4) is 0 Å². The smallest absolute Gasteiger partial charge is 0.222 e. The van der Waals surface area contributed by atoms with E-state index in [1.54, 1.807) is 4.90 Å². The second kappa shape index (κ2) is 6.04. The van der Waals surface area contributed by atoms with E-state index in [0.717, 1.165) is 28.5 Å². The Morgan fingerprint density at radius 3 is 2.89 bits per heavy atom. The molecular formula is C13H19ClN2OS. The maximum atomic E-state index is 12.1. The Hall–Kier alpha value is -0.580. The zero-order valence-electron chi connectivity index (χ0n) is 10.6. The van der Waals surface area contributed by atoms with Crippen molar-refractivity contribution in [2.75, 3.05) is 7.05 Å². The van der Waals surface area contributed by atoms with E-state index in [0.29, 0.717) is 18.9 Å². The third-order valence-corrected chi connectivity index (χ3v) is 4.82. The Morgan fingerprint density at radius 1 is 1.56 bits per heavy atom. The lowest BCUT2D eigenvalue weighted by atomic mass is 9.99. The number of amides is 1. The van der Waals surface area contributed by atoms with Gasteiger partial charge in [0.15, 0.2) is 0 Å². The van der Waals surface area contributed by atoms with Crippen molar-refractivity contribution in [2.45, 2.75) is 38.3 Å². The van der Waals surface area contributed by atoms with E-state index in [2.05, 4.69) is 0 Å². The number of carbonyl (C=O) groups excluding carboxylic acids is 1. The Bertz CT molecular complexity index is 421. The van der Waals surface area contributed by atoms with Crippen LogP contribution in [0.2, 0.25) is 4.34 Å². The minimum Gasteiger partial charge on any atom is -0.341 e. The molecule has 0 aliphatic heterocycles. The zero-order chi connectivity index (χ0) is 13.1. The van der Waals surface area contributed by atoms with Crippen LogP contribution in [0.1, 0.15) is 30.6 Å². The van der Waals surface area contributed by atoms with Crippen molar-refractivity contribution in [3.63, 3.8) is 0 Å². The van der Waals surface area contributed by atoms with Crippen molar-refractivity contribution in [1.29, 1.82) is 0 Å². The van der Waals surface area contributed by atoms with Crippen LogP contribution in [0.5, 0.6) is 0 Å². The van der Waals surface area contributed by atoms with Crippen molar-refractivity contribution in [2.24, 2.45) is 11.7 Å². The molecule has 3 nitrogen and oxygen atoms in total. The van der Waals surface area contributed by atoms with Crippen LogP contribution in [-0.4, -0.2) is 23.9 Å². The molecule has 0 bridgehead atoms. The third-order valence-electron chi connectivity index (χ3n) is 3.60. The number of carbonyl (C=O) groups is 1. The van der Waals surface area contributed by atoms with Gasteiger partial charge in [-0.25, -0.2) is 0 Å². The van der Waals surface area contributed by atoms with Crippen molar-refractivity contribution < 1.29 is 4.79 Å². The molecule has 2 rings (SSSR count).